The summed E-state index contributed by atoms with van der Waals surface area (Å²) in [5, 5.41) is 13.0. The van der Waals surface area contributed by atoms with Crippen LogP contribution in [0.1, 0.15) is 68.8 Å². The van der Waals surface area contributed by atoms with E-state index >= 15 is 4.39 Å². The second kappa shape index (κ2) is 27.4. The largest absolute Gasteiger partial charge is 0.508 e. The van der Waals surface area contributed by atoms with Crippen molar-refractivity contribution >= 4 is 93.2 Å². The van der Waals surface area contributed by atoms with Gasteiger partial charge in [0.1, 0.15) is 73.0 Å². The van der Waals surface area contributed by atoms with E-state index in [0.29, 0.717) is 81.6 Å². The van der Waals surface area contributed by atoms with Crippen molar-refractivity contribution in [2.75, 3.05) is 58.9 Å². The molecule has 12 nitrogen and oxygen atoms in total. The maximum Gasteiger partial charge on any atom is 0.209 e. The number of ether oxygens (including phenoxy) is 5. The van der Waals surface area contributed by atoms with E-state index in [1.807, 2.05) is 97.1 Å². The van der Waals surface area contributed by atoms with Crippen LogP contribution in [0, 0.1) is 11.6 Å². The molecule has 0 amide bonds. The zero-order valence-corrected chi connectivity index (χ0v) is 55.0. The zero-order chi connectivity index (χ0) is 65.4. The van der Waals surface area contributed by atoms with Crippen LogP contribution in [0.25, 0.3) is 30.3 Å². The number of nitrogens with zero attached hydrogens (tertiary/aromatic N) is 3. The van der Waals surface area contributed by atoms with Gasteiger partial charge < -0.3 is 33.7 Å². The molecule has 3 aromatic heterocycles. The topological polar surface area (TPSA) is 127 Å². The zero-order valence-electron chi connectivity index (χ0n) is 51.8. The first-order chi connectivity index (χ1) is 46.8. The fourth-order valence-corrected chi connectivity index (χ4v) is 15.7. The number of phenols is 1. The summed E-state index contributed by atoms with van der Waals surface area (Å²) in [4.78, 5) is 50.2. The number of ketones is 3. The van der Waals surface area contributed by atoms with Gasteiger partial charge in [-0.3, -0.25) is 24.2 Å². The molecule has 9 aromatic carbocycles. The third-order valence-corrected chi connectivity index (χ3v) is 21.4. The Morgan fingerprint density at radius 3 is 1.28 bits per heavy atom. The minimum absolute atomic E-state index is 0.00144. The smallest absolute Gasteiger partial charge is 0.209 e. The number of hydrogen-bond acceptors (Lipinski definition) is 15. The molecule has 0 unspecified atom stereocenters. The quantitative estimate of drug-likeness (QED) is 0.0547. The number of halogens is 3. The van der Waals surface area contributed by atoms with Crippen molar-refractivity contribution in [2.24, 2.45) is 0 Å². The Hall–Kier alpha value is -9.30. The summed E-state index contributed by atoms with van der Waals surface area (Å²) in [5.74, 6) is 2.55. The van der Waals surface area contributed by atoms with E-state index < -0.39 is 17.4 Å². The van der Waals surface area contributed by atoms with Gasteiger partial charge in [0.25, 0.3) is 0 Å². The second-order valence-corrected chi connectivity index (χ2v) is 28.0. The highest BCUT2D eigenvalue weighted by atomic mass is 35.5. The predicted molar refractivity (Wildman–Crippen MR) is 375 cm³/mol. The number of aromatic hydroxyl groups is 1. The van der Waals surface area contributed by atoms with Crippen molar-refractivity contribution in [3.05, 3.63) is 265 Å². The molecule has 18 heteroatoms. The van der Waals surface area contributed by atoms with Crippen molar-refractivity contribution in [3.8, 4) is 51.7 Å². The van der Waals surface area contributed by atoms with Gasteiger partial charge >= 0.3 is 0 Å². The third kappa shape index (κ3) is 13.8. The predicted octanol–water partition coefficient (Wildman–Crippen LogP) is 17.9. The highest BCUT2D eigenvalue weighted by Gasteiger charge is 2.32. The Morgan fingerprint density at radius 2 is 0.844 bits per heavy atom. The molecule has 0 radical (unpaired) electrons. The van der Waals surface area contributed by atoms with E-state index in [9.17, 15) is 23.9 Å². The Labute approximate surface area is 569 Å². The van der Waals surface area contributed by atoms with Crippen LogP contribution in [0.2, 0.25) is 5.02 Å². The SMILES string of the molecule is O=C(c1ccc(F)cc1)c1sc2cc(O)ccc2c1Oc1ccc(CCN2CC(Oc3ccc4c(Oc5ccc(CCN6CC(Oc7ccc8c(Oc9ccc(CCN%10CCC%10)cc9)c(C(=O)c9ccc(Cl)cc9)sc8c7)C6)cc5)c(C(=O)c5ccccc5F)sc4c3)C2)cc1. The maximum absolute atomic E-state index is 15.2. The fourth-order valence-electron chi connectivity index (χ4n) is 12.2. The Bertz CT molecular complexity index is 4870. The van der Waals surface area contributed by atoms with Gasteiger partial charge in [0.05, 0.1) is 5.56 Å². The summed E-state index contributed by atoms with van der Waals surface area (Å²) in [6, 6.07) is 58.6. The molecule has 0 saturated carbocycles. The molecule has 482 valence electrons. The number of phenolic OH excluding ortho intramolecular Hbond substituents is 1. The molecule has 6 heterocycles. The molecule has 3 saturated heterocycles. The molecule has 15 rings (SSSR count). The van der Waals surface area contributed by atoms with E-state index in [-0.39, 0.29) is 40.0 Å². The highest BCUT2D eigenvalue weighted by Crippen LogP contribution is 2.47. The van der Waals surface area contributed by atoms with Crippen LogP contribution in [0.3, 0.4) is 0 Å². The lowest BCUT2D eigenvalue weighted by Crippen LogP contribution is -2.54. The van der Waals surface area contributed by atoms with Gasteiger partial charge in [-0.1, -0.05) is 60.1 Å². The number of rotatable bonds is 25. The summed E-state index contributed by atoms with van der Waals surface area (Å²) in [6.45, 7) is 8.00. The Morgan fingerprint density at radius 1 is 0.448 bits per heavy atom. The van der Waals surface area contributed by atoms with Crippen LogP contribution in [0.4, 0.5) is 8.78 Å². The normalized spacial score (nSPS) is 14.5. The molecular formula is C78H62ClF2N3O9S3. The van der Waals surface area contributed by atoms with Crippen LogP contribution in [-0.4, -0.2) is 108 Å². The van der Waals surface area contributed by atoms with Crippen molar-refractivity contribution in [3.63, 3.8) is 0 Å². The molecule has 96 heavy (non-hydrogen) atoms. The number of fused-ring (bicyclic) bond motifs is 3. The number of thiophene rings is 3. The van der Waals surface area contributed by atoms with Gasteiger partial charge in [-0.05, 0) is 207 Å². The summed E-state index contributed by atoms with van der Waals surface area (Å²) in [7, 11) is 0. The van der Waals surface area contributed by atoms with E-state index in [0.717, 1.165) is 96.7 Å². The molecule has 3 aliphatic heterocycles. The van der Waals surface area contributed by atoms with Crippen molar-refractivity contribution in [1.82, 2.24) is 14.7 Å². The lowest BCUT2D eigenvalue weighted by atomic mass is 10.1. The minimum Gasteiger partial charge on any atom is -0.508 e. The number of benzene rings is 9. The molecule has 0 bridgehead atoms. The van der Waals surface area contributed by atoms with Crippen LogP contribution in [0.15, 0.2) is 200 Å². The lowest BCUT2D eigenvalue weighted by Gasteiger charge is -2.39. The van der Waals surface area contributed by atoms with Gasteiger partial charge in [0, 0.05) is 92.2 Å². The standard InChI is InChI=1S/C78H62ClF2N3O9S3/c79-52-16-12-50(13-17-52)70(86)77-74(92-56-21-6-47(7-22-56)32-37-82-35-3-36-82)64-30-27-58(41-68(64)95-77)89-60-43-83(44-60)39-34-49-10-25-57(26-11-49)93-75-65-31-28-59(42-69(65)96-78(75)72(88)62-4-1-2-5-66(62)81)90-61-45-84(46-61)38-33-48-8-23-55(24-9-48)91-73-63-29-20-54(85)40-67(63)94-76(73)71(87)51-14-18-53(80)19-15-51/h1-2,4-31,40-42,60-61,85H,3,32-39,43-46H2. The van der Waals surface area contributed by atoms with E-state index in [4.69, 9.17) is 35.3 Å². The van der Waals surface area contributed by atoms with E-state index in [2.05, 4.69) is 26.8 Å². The highest BCUT2D eigenvalue weighted by molar-refractivity contribution is 7.22. The van der Waals surface area contributed by atoms with Crippen LogP contribution in [-0.2, 0) is 19.3 Å². The van der Waals surface area contributed by atoms with Gasteiger partial charge in [-0.25, -0.2) is 8.78 Å². The maximum atomic E-state index is 15.2. The number of carbonyl (C=O) groups is 3. The molecule has 1 N–H and O–H groups in total. The Kier molecular flexibility index (Phi) is 17.9. The van der Waals surface area contributed by atoms with Crippen LogP contribution in [0.5, 0.6) is 51.7 Å². The first-order valence-corrected chi connectivity index (χ1v) is 34.7. The summed E-state index contributed by atoms with van der Waals surface area (Å²) in [5.41, 5.74) is 4.29. The van der Waals surface area contributed by atoms with Crippen LogP contribution >= 0.6 is 45.6 Å². The number of likely N-dealkylation sites (tertiary alicyclic amines) is 3. The average molecular weight is 1360 g/mol. The van der Waals surface area contributed by atoms with Gasteiger partial charge in [0.2, 0.25) is 17.3 Å². The van der Waals surface area contributed by atoms with Gasteiger partial charge in [-0.15, -0.1) is 34.0 Å². The summed E-state index contributed by atoms with van der Waals surface area (Å²) >= 11 is 10.1. The molecule has 3 fully saturated rings. The molecule has 0 aliphatic carbocycles. The first-order valence-electron chi connectivity index (χ1n) is 31.9. The van der Waals surface area contributed by atoms with Crippen molar-refractivity contribution < 1.29 is 52.0 Å². The lowest BCUT2D eigenvalue weighted by molar-refractivity contribution is 0.0209. The number of hydrogen-bond donors (Lipinski definition) is 1. The molecule has 0 atom stereocenters. The molecule has 12 aromatic rings. The summed E-state index contributed by atoms with van der Waals surface area (Å²) < 4.78 is 63.8. The molecule has 3 aliphatic rings. The summed E-state index contributed by atoms with van der Waals surface area (Å²) in [6.07, 6.45) is 3.79. The van der Waals surface area contributed by atoms with Crippen LogP contribution < -0.4 is 23.7 Å². The number of carbonyl (C=O) groups excluding carboxylic acids is 3. The molecular weight excluding hydrogens is 1290 g/mol. The van der Waals surface area contributed by atoms with E-state index in [1.165, 1.54) is 95.5 Å². The Balaban J connectivity index is 0.551. The van der Waals surface area contributed by atoms with Gasteiger partial charge in [0.15, 0.2) is 17.2 Å². The van der Waals surface area contributed by atoms with Crippen molar-refractivity contribution in [1.29, 1.82) is 0 Å². The third-order valence-electron chi connectivity index (χ3n) is 17.8. The average Bonchev–Trinajstić information content (AvgIpc) is 1.66. The minimum atomic E-state index is -0.608. The first kappa shape index (κ1) is 62.8. The fraction of sp³-hybridized carbons (Fsp3) is 0.192. The second-order valence-electron chi connectivity index (χ2n) is 24.4. The monoisotopic (exact) mass is 1350 g/mol. The van der Waals surface area contributed by atoms with E-state index in [1.54, 1.807) is 54.6 Å². The van der Waals surface area contributed by atoms with Gasteiger partial charge in [-0.2, -0.15) is 0 Å². The molecule has 0 spiro atoms. The van der Waals surface area contributed by atoms with Crippen molar-refractivity contribution in [2.45, 2.75) is 37.9 Å².